The maximum Gasteiger partial charge on any atom is 0.416 e. The molecule has 0 fully saturated rings. The average Bonchev–Trinajstić information content (AvgIpc) is 2.62. The Hall–Kier alpha value is -3.26. The molecule has 0 saturated heterocycles. The number of halogens is 3. The van der Waals surface area contributed by atoms with Crippen LogP contribution in [-0.4, -0.2) is 4.98 Å². The van der Waals surface area contributed by atoms with Gasteiger partial charge in [-0.2, -0.15) is 13.2 Å². The number of nitrogens with two attached hydrogens (primary N) is 2. The highest BCUT2D eigenvalue weighted by atomic mass is 19.4. The molecule has 5 nitrogen and oxygen atoms in total. The van der Waals surface area contributed by atoms with Gasteiger partial charge in [0.2, 0.25) is 5.88 Å². The van der Waals surface area contributed by atoms with Crippen molar-refractivity contribution in [3.05, 3.63) is 66.4 Å². The van der Waals surface area contributed by atoms with E-state index >= 15 is 0 Å². The first kappa shape index (κ1) is 17.6. The number of hydrazine groups is 1. The second-order valence-electron chi connectivity index (χ2n) is 5.43. The Balaban J connectivity index is 1.91. The first-order valence-electron chi connectivity index (χ1n) is 7.55. The lowest BCUT2D eigenvalue weighted by Gasteiger charge is -2.12. The molecule has 5 N–H and O–H groups in total. The molecule has 1 heterocycles. The van der Waals surface area contributed by atoms with Crippen LogP contribution in [0.4, 0.5) is 24.5 Å². The monoisotopic (exact) mass is 360 g/mol. The molecule has 0 aliphatic rings. The lowest BCUT2D eigenvalue weighted by atomic mass is 10.1. The molecule has 3 aromatic rings. The van der Waals surface area contributed by atoms with E-state index in [1.54, 1.807) is 30.3 Å². The summed E-state index contributed by atoms with van der Waals surface area (Å²) in [7, 11) is 0. The van der Waals surface area contributed by atoms with Crippen LogP contribution in [0.1, 0.15) is 5.56 Å². The summed E-state index contributed by atoms with van der Waals surface area (Å²) < 4.78 is 43.6. The third kappa shape index (κ3) is 3.70. The van der Waals surface area contributed by atoms with Gasteiger partial charge in [-0.25, -0.2) is 4.98 Å². The van der Waals surface area contributed by atoms with Gasteiger partial charge in [-0.05, 0) is 54.1 Å². The number of nitrogens with one attached hydrogen (secondary N) is 1. The summed E-state index contributed by atoms with van der Waals surface area (Å²) in [5.74, 6) is 5.86. The van der Waals surface area contributed by atoms with Crippen LogP contribution in [0, 0.1) is 0 Å². The normalized spacial score (nSPS) is 11.2. The lowest BCUT2D eigenvalue weighted by Crippen LogP contribution is -2.08. The van der Waals surface area contributed by atoms with Crippen molar-refractivity contribution < 1.29 is 17.9 Å². The Morgan fingerprint density at radius 1 is 1.00 bits per heavy atom. The van der Waals surface area contributed by atoms with E-state index in [1.807, 2.05) is 0 Å². The van der Waals surface area contributed by atoms with Crippen molar-refractivity contribution in [3.8, 4) is 22.8 Å². The molecule has 0 saturated carbocycles. The van der Waals surface area contributed by atoms with E-state index in [1.165, 1.54) is 18.3 Å². The topological polar surface area (TPSA) is 86.2 Å². The van der Waals surface area contributed by atoms with Crippen molar-refractivity contribution in [1.82, 2.24) is 4.98 Å². The van der Waals surface area contributed by atoms with Crippen LogP contribution in [0.15, 0.2) is 60.8 Å². The van der Waals surface area contributed by atoms with Crippen molar-refractivity contribution in [2.75, 3.05) is 11.2 Å². The van der Waals surface area contributed by atoms with Gasteiger partial charge in [0.05, 0.1) is 16.9 Å². The predicted octanol–water partition coefficient (Wildman–Crippen LogP) is 4.43. The van der Waals surface area contributed by atoms with Crippen LogP contribution >= 0.6 is 0 Å². The van der Waals surface area contributed by atoms with Gasteiger partial charge in [-0.15, -0.1) is 0 Å². The molecule has 8 heteroatoms. The summed E-state index contributed by atoms with van der Waals surface area (Å²) >= 11 is 0. The lowest BCUT2D eigenvalue weighted by molar-refractivity contribution is -0.137. The number of ether oxygens (including phenoxy) is 1. The first-order valence-corrected chi connectivity index (χ1v) is 7.55. The number of nitrogens with zero attached hydrogens (tertiary/aromatic N) is 1. The van der Waals surface area contributed by atoms with Crippen molar-refractivity contribution >= 4 is 11.4 Å². The summed E-state index contributed by atoms with van der Waals surface area (Å²) in [6, 6.07) is 13.1. The minimum absolute atomic E-state index is 0.242. The Morgan fingerprint density at radius 3 is 2.35 bits per heavy atom. The second kappa shape index (κ2) is 6.93. The maximum absolute atomic E-state index is 12.7. The molecule has 1 aromatic heterocycles. The van der Waals surface area contributed by atoms with E-state index in [0.717, 1.165) is 17.7 Å². The zero-order chi connectivity index (χ0) is 18.7. The van der Waals surface area contributed by atoms with Crippen molar-refractivity contribution in [1.29, 1.82) is 0 Å². The van der Waals surface area contributed by atoms with E-state index < -0.39 is 11.7 Å². The smallest absolute Gasteiger partial charge is 0.416 e. The van der Waals surface area contributed by atoms with Gasteiger partial charge < -0.3 is 15.9 Å². The standard InChI is InChI=1S/C18H15F3N4O/c19-18(20,21)12-4-6-13(7-5-12)26-17-14(2-1-9-24-17)11-3-8-16(25-23)15(22)10-11/h1-10,25H,22-23H2. The Kier molecular flexibility index (Phi) is 4.68. The molecule has 2 aromatic carbocycles. The number of anilines is 2. The predicted molar refractivity (Wildman–Crippen MR) is 93.4 cm³/mol. The molecule has 0 bridgehead atoms. The molecule has 0 spiro atoms. The van der Waals surface area contributed by atoms with Gasteiger partial charge in [-0.1, -0.05) is 6.07 Å². The van der Waals surface area contributed by atoms with E-state index in [0.29, 0.717) is 16.9 Å². The van der Waals surface area contributed by atoms with Gasteiger partial charge >= 0.3 is 6.18 Å². The number of alkyl halides is 3. The highest BCUT2D eigenvalue weighted by Gasteiger charge is 2.30. The summed E-state index contributed by atoms with van der Waals surface area (Å²) in [4.78, 5) is 4.17. The summed E-state index contributed by atoms with van der Waals surface area (Å²) in [5, 5.41) is 0. The van der Waals surface area contributed by atoms with Crippen LogP contribution in [0.2, 0.25) is 0 Å². The third-order valence-electron chi connectivity index (χ3n) is 3.69. The fraction of sp³-hybridized carbons (Fsp3) is 0.0556. The van der Waals surface area contributed by atoms with E-state index in [-0.39, 0.29) is 11.6 Å². The Morgan fingerprint density at radius 2 is 1.73 bits per heavy atom. The highest BCUT2D eigenvalue weighted by molar-refractivity contribution is 5.77. The zero-order valence-corrected chi connectivity index (χ0v) is 13.4. The molecular formula is C18H15F3N4O. The molecule has 0 aliphatic heterocycles. The minimum Gasteiger partial charge on any atom is -0.438 e. The van der Waals surface area contributed by atoms with Crippen LogP contribution in [0.5, 0.6) is 11.6 Å². The molecule has 0 aliphatic carbocycles. The second-order valence-corrected chi connectivity index (χ2v) is 5.43. The van der Waals surface area contributed by atoms with E-state index in [2.05, 4.69) is 10.4 Å². The van der Waals surface area contributed by atoms with Crippen LogP contribution in [0.25, 0.3) is 11.1 Å². The Bertz CT molecular complexity index is 911. The maximum atomic E-state index is 12.7. The van der Waals surface area contributed by atoms with Crippen LogP contribution in [0.3, 0.4) is 0 Å². The van der Waals surface area contributed by atoms with Crippen LogP contribution in [-0.2, 0) is 6.18 Å². The molecule has 0 radical (unpaired) electrons. The molecule has 3 rings (SSSR count). The fourth-order valence-corrected chi connectivity index (χ4v) is 2.38. The van der Waals surface area contributed by atoms with Crippen molar-refractivity contribution in [2.45, 2.75) is 6.18 Å². The number of rotatable bonds is 4. The van der Waals surface area contributed by atoms with Gasteiger partial charge in [0, 0.05) is 11.8 Å². The number of hydrogen-bond donors (Lipinski definition) is 3. The zero-order valence-electron chi connectivity index (χ0n) is 13.4. The largest absolute Gasteiger partial charge is 0.438 e. The summed E-state index contributed by atoms with van der Waals surface area (Å²) in [5.41, 5.74) is 10.0. The highest BCUT2D eigenvalue weighted by Crippen LogP contribution is 2.35. The van der Waals surface area contributed by atoms with E-state index in [4.69, 9.17) is 16.3 Å². The quantitative estimate of drug-likeness (QED) is 0.364. The average molecular weight is 360 g/mol. The van der Waals surface area contributed by atoms with E-state index in [9.17, 15) is 13.2 Å². The minimum atomic E-state index is -4.40. The summed E-state index contributed by atoms with van der Waals surface area (Å²) in [6.45, 7) is 0. The van der Waals surface area contributed by atoms with Gasteiger partial charge in [0.15, 0.2) is 0 Å². The molecule has 26 heavy (non-hydrogen) atoms. The van der Waals surface area contributed by atoms with Crippen molar-refractivity contribution in [3.63, 3.8) is 0 Å². The fourth-order valence-electron chi connectivity index (χ4n) is 2.38. The first-order chi connectivity index (χ1) is 12.4. The molecule has 0 atom stereocenters. The van der Waals surface area contributed by atoms with Gasteiger partial charge in [0.1, 0.15) is 5.75 Å². The molecular weight excluding hydrogens is 345 g/mol. The third-order valence-corrected chi connectivity index (χ3v) is 3.69. The number of nitrogen functional groups attached to an aromatic ring is 2. The van der Waals surface area contributed by atoms with Crippen LogP contribution < -0.4 is 21.7 Å². The molecule has 0 unspecified atom stereocenters. The Labute approximate surface area is 147 Å². The number of aromatic nitrogens is 1. The summed E-state index contributed by atoms with van der Waals surface area (Å²) in [6.07, 6.45) is -2.87. The van der Waals surface area contributed by atoms with Gasteiger partial charge in [0.25, 0.3) is 0 Å². The number of pyridine rings is 1. The number of hydrogen-bond acceptors (Lipinski definition) is 5. The molecule has 0 amide bonds. The SMILES string of the molecule is NNc1ccc(-c2cccnc2Oc2ccc(C(F)(F)F)cc2)cc1N. The van der Waals surface area contributed by atoms with Crippen molar-refractivity contribution in [2.24, 2.45) is 5.84 Å². The van der Waals surface area contributed by atoms with Gasteiger partial charge in [-0.3, -0.25) is 5.84 Å². The number of benzene rings is 2. The molecule has 134 valence electrons.